The van der Waals surface area contributed by atoms with Crippen molar-refractivity contribution >= 4 is 22.6 Å². The number of H-pyrrole nitrogens is 1. The van der Waals surface area contributed by atoms with Crippen LogP contribution >= 0.6 is 11.6 Å². The number of alkyl halides is 6. The molecule has 1 N–H and O–H groups in total. The molecule has 1 aromatic heterocycles. The molecular formula is C10H4ClF7N2O2. The van der Waals surface area contributed by atoms with Crippen molar-refractivity contribution in [2.45, 2.75) is 12.3 Å². The van der Waals surface area contributed by atoms with Gasteiger partial charge in [-0.15, -0.1) is 0 Å². The maximum absolute atomic E-state index is 12.9. The van der Waals surface area contributed by atoms with Crippen molar-refractivity contribution in [3.63, 3.8) is 0 Å². The minimum Gasteiger partial charge on any atom is -0.426 e. The van der Waals surface area contributed by atoms with Crippen molar-refractivity contribution in [2.75, 3.05) is 6.67 Å². The molecule has 0 saturated heterocycles. The Morgan fingerprint density at radius 2 is 1.86 bits per heavy atom. The number of nitrogens with one attached hydrogen (secondary N) is 1. The Hall–Kier alpha value is -1.91. The summed E-state index contributed by atoms with van der Waals surface area (Å²) < 4.78 is 91.8. The Morgan fingerprint density at radius 3 is 2.36 bits per heavy atom. The lowest BCUT2D eigenvalue weighted by atomic mass is 10.2. The predicted octanol–water partition coefficient (Wildman–Crippen LogP) is 4.44. The zero-order chi connectivity index (χ0) is 16.7. The molecule has 0 bridgehead atoms. The van der Waals surface area contributed by atoms with Gasteiger partial charge in [-0.25, -0.2) is 9.37 Å². The average molecular weight is 353 g/mol. The van der Waals surface area contributed by atoms with Crippen LogP contribution in [0.1, 0.15) is 5.82 Å². The molecule has 122 valence electrons. The fourth-order valence-electron chi connectivity index (χ4n) is 1.56. The molecule has 0 saturated carbocycles. The standard InChI is InChI=1S/C10H4ClF7N2O2/c11-3-1-4(21-9(13,14)2-12)7(22-18)6-5(3)19-8(20-6)10(15,16)17/h1H,2H2,(H,19,20). The number of ether oxygens (including phenoxy) is 1. The van der Waals surface area contributed by atoms with E-state index in [4.69, 9.17) is 11.6 Å². The minimum absolute atomic E-state index is 0.531. The first kappa shape index (κ1) is 16.5. The fourth-order valence-corrected chi connectivity index (χ4v) is 1.79. The number of aromatic nitrogens is 2. The van der Waals surface area contributed by atoms with E-state index < -0.39 is 52.3 Å². The summed E-state index contributed by atoms with van der Waals surface area (Å²) >= 11 is 5.58. The second-order valence-electron chi connectivity index (χ2n) is 3.94. The summed E-state index contributed by atoms with van der Waals surface area (Å²) in [6.45, 7) is -2.26. The normalized spacial score (nSPS) is 12.7. The van der Waals surface area contributed by atoms with E-state index in [1.807, 2.05) is 0 Å². The first-order valence-electron chi connectivity index (χ1n) is 5.30. The molecule has 2 rings (SSSR count). The molecule has 0 aliphatic heterocycles. The van der Waals surface area contributed by atoms with E-state index in [1.54, 1.807) is 4.98 Å². The number of imidazole rings is 1. The molecule has 1 heterocycles. The largest absolute Gasteiger partial charge is 0.449 e. The lowest BCUT2D eigenvalue weighted by molar-refractivity contribution is -0.188. The van der Waals surface area contributed by atoms with Crippen molar-refractivity contribution in [1.29, 1.82) is 0 Å². The van der Waals surface area contributed by atoms with E-state index in [0.29, 0.717) is 6.07 Å². The van der Waals surface area contributed by atoms with E-state index in [9.17, 15) is 30.9 Å². The maximum Gasteiger partial charge on any atom is 0.449 e. The van der Waals surface area contributed by atoms with Crippen LogP contribution in [0.15, 0.2) is 6.07 Å². The monoisotopic (exact) mass is 352 g/mol. The van der Waals surface area contributed by atoms with Gasteiger partial charge in [0.25, 0.3) is 0 Å². The van der Waals surface area contributed by atoms with Gasteiger partial charge < -0.3 is 9.72 Å². The topological polar surface area (TPSA) is 47.1 Å². The molecule has 0 aliphatic rings. The van der Waals surface area contributed by atoms with Gasteiger partial charge in [0.15, 0.2) is 12.4 Å². The molecule has 0 radical (unpaired) electrons. The Labute approximate surface area is 121 Å². The molecule has 12 heteroatoms. The second kappa shape index (κ2) is 5.38. The second-order valence-corrected chi connectivity index (χ2v) is 4.35. The van der Waals surface area contributed by atoms with Crippen molar-refractivity contribution in [3.05, 3.63) is 16.9 Å². The number of hydrogen-bond donors (Lipinski definition) is 1. The van der Waals surface area contributed by atoms with Crippen molar-refractivity contribution in [3.8, 4) is 11.5 Å². The number of halogens is 8. The summed E-state index contributed by atoms with van der Waals surface area (Å²) in [6.07, 6.45) is -9.28. The summed E-state index contributed by atoms with van der Waals surface area (Å²) in [5, 5.41) is -0.563. The summed E-state index contributed by atoms with van der Waals surface area (Å²) in [5.41, 5.74) is -1.36. The molecule has 0 amide bonds. The van der Waals surface area contributed by atoms with Crippen LogP contribution in [0, 0.1) is 0 Å². The quantitative estimate of drug-likeness (QED) is 0.828. The lowest BCUT2D eigenvalue weighted by Crippen LogP contribution is -2.27. The zero-order valence-corrected chi connectivity index (χ0v) is 10.8. The SMILES string of the molecule is FCC(F)(F)Oc1cc(Cl)c2nc(C(F)(F)F)[nH]c2c1OF. The smallest absolute Gasteiger partial charge is 0.426 e. The van der Waals surface area contributed by atoms with Crippen molar-refractivity contribution in [2.24, 2.45) is 0 Å². The van der Waals surface area contributed by atoms with Gasteiger partial charge in [-0.2, -0.15) is 22.0 Å². The van der Waals surface area contributed by atoms with E-state index >= 15 is 0 Å². The van der Waals surface area contributed by atoms with Crippen LogP contribution in [0.5, 0.6) is 11.5 Å². The third kappa shape index (κ3) is 2.98. The summed E-state index contributed by atoms with van der Waals surface area (Å²) in [4.78, 5) is 7.96. The van der Waals surface area contributed by atoms with Crippen molar-refractivity contribution < 1.29 is 40.5 Å². The molecule has 1 aromatic carbocycles. The third-order valence-corrected chi connectivity index (χ3v) is 2.69. The van der Waals surface area contributed by atoms with Crippen LogP contribution in [0.4, 0.5) is 30.9 Å². The molecule has 2 aromatic rings. The molecule has 0 fully saturated rings. The Balaban J connectivity index is 2.65. The van der Waals surface area contributed by atoms with Crippen LogP contribution in [0.3, 0.4) is 0 Å². The van der Waals surface area contributed by atoms with E-state index in [2.05, 4.69) is 14.7 Å². The zero-order valence-electron chi connectivity index (χ0n) is 10.1. The Bertz CT molecular complexity index is 701. The predicted molar refractivity (Wildman–Crippen MR) is 59.4 cm³/mol. The van der Waals surface area contributed by atoms with Gasteiger partial charge >= 0.3 is 12.3 Å². The molecular weight excluding hydrogens is 349 g/mol. The number of rotatable bonds is 4. The minimum atomic E-state index is -4.93. The van der Waals surface area contributed by atoms with Crippen LogP contribution in [-0.4, -0.2) is 22.8 Å². The highest BCUT2D eigenvalue weighted by molar-refractivity contribution is 6.35. The molecule has 0 spiro atoms. The molecule has 0 aliphatic carbocycles. The van der Waals surface area contributed by atoms with Gasteiger partial charge in [0.2, 0.25) is 11.6 Å². The van der Waals surface area contributed by atoms with Crippen molar-refractivity contribution in [1.82, 2.24) is 9.97 Å². The third-order valence-electron chi connectivity index (χ3n) is 2.40. The molecule has 4 nitrogen and oxygen atoms in total. The Kier molecular flexibility index (Phi) is 4.02. The van der Waals surface area contributed by atoms with E-state index in [0.717, 1.165) is 0 Å². The van der Waals surface area contributed by atoms with Gasteiger partial charge in [-0.1, -0.05) is 11.6 Å². The number of aromatic amines is 1. The summed E-state index contributed by atoms with van der Waals surface area (Å²) in [6, 6.07) is 0.531. The van der Waals surface area contributed by atoms with Crippen LogP contribution in [0.25, 0.3) is 11.0 Å². The lowest BCUT2D eigenvalue weighted by Gasteiger charge is -2.16. The van der Waals surface area contributed by atoms with E-state index in [-0.39, 0.29) is 0 Å². The molecule has 22 heavy (non-hydrogen) atoms. The van der Waals surface area contributed by atoms with E-state index in [1.165, 1.54) is 0 Å². The van der Waals surface area contributed by atoms with Gasteiger partial charge in [-0.05, 0) is 0 Å². The highest BCUT2D eigenvalue weighted by atomic mass is 35.5. The highest BCUT2D eigenvalue weighted by Gasteiger charge is 2.38. The average Bonchev–Trinajstić information content (AvgIpc) is 2.84. The highest BCUT2D eigenvalue weighted by Crippen LogP contribution is 2.42. The first-order valence-corrected chi connectivity index (χ1v) is 5.67. The summed E-state index contributed by atoms with van der Waals surface area (Å²) in [5.74, 6) is -3.83. The van der Waals surface area contributed by atoms with Gasteiger partial charge in [0.1, 0.15) is 11.0 Å². The number of fused-ring (bicyclic) bond motifs is 1. The number of hydrogen-bond acceptors (Lipinski definition) is 3. The van der Waals surface area contributed by atoms with Crippen LogP contribution in [0.2, 0.25) is 5.02 Å². The van der Waals surface area contributed by atoms with Gasteiger partial charge in [-0.3, -0.25) is 4.94 Å². The molecule has 0 unspecified atom stereocenters. The first-order chi connectivity index (χ1) is 10.1. The van der Waals surface area contributed by atoms with Gasteiger partial charge in [0, 0.05) is 10.6 Å². The fraction of sp³-hybridized carbons (Fsp3) is 0.300. The maximum atomic E-state index is 12.9. The van der Waals surface area contributed by atoms with Crippen LogP contribution in [-0.2, 0) is 6.18 Å². The molecule has 0 atom stereocenters. The Morgan fingerprint density at radius 1 is 1.23 bits per heavy atom. The van der Waals surface area contributed by atoms with Crippen LogP contribution < -0.4 is 9.68 Å². The number of nitrogens with zero attached hydrogens (tertiary/aromatic N) is 1. The number of benzene rings is 1. The summed E-state index contributed by atoms with van der Waals surface area (Å²) in [7, 11) is 0. The van der Waals surface area contributed by atoms with Gasteiger partial charge in [0.05, 0.1) is 5.02 Å².